The molecule has 1 nitrogen and oxygen atoms in total. The number of aliphatic hydroxyl groups excluding tert-OH is 1. The van der Waals surface area contributed by atoms with Crippen molar-refractivity contribution in [3.63, 3.8) is 0 Å². The maximum atomic E-state index is 13.5. The molecule has 0 aliphatic rings. The molecular formula is C37H30F14O. The van der Waals surface area contributed by atoms with Crippen LogP contribution in [0.2, 0.25) is 0 Å². The van der Waals surface area contributed by atoms with E-state index in [1.165, 1.54) is 25.0 Å². The van der Waals surface area contributed by atoms with Crippen molar-refractivity contribution in [3.8, 4) is 12.3 Å². The second-order valence-electron chi connectivity index (χ2n) is 10.2. The first-order chi connectivity index (χ1) is 24.1. The number of halogens is 14. The van der Waals surface area contributed by atoms with E-state index in [-0.39, 0.29) is 29.0 Å². The fourth-order valence-electron chi connectivity index (χ4n) is 3.91. The highest BCUT2D eigenvalue weighted by atomic mass is 19.2. The molecule has 52 heavy (non-hydrogen) atoms. The highest BCUT2D eigenvalue weighted by molar-refractivity contribution is 5.59. The van der Waals surface area contributed by atoms with E-state index in [4.69, 9.17) is 5.11 Å². The van der Waals surface area contributed by atoms with Gasteiger partial charge in [-0.15, -0.1) is 6.42 Å². The van der Waals surface area contributed by atoms with Gasteiger partial charge in [-0.3, -0.25) is 0 Å². The van der Waals surface area contributed by atoms with E-state index in [9.17, 15) is 61.5 Å². The quantitative estimate of drug-likeness (QED) is 0.0955. The number of rotatable bonds is 3. The molecule has 282 valence electrons. The molecule has 4 aromatic rings. The molecule has 0 saturated carbocycles. The number of aliphatic hydroxyl groups is 1. The normalized spacial score (nSPS) is 10.0. The molecule has 0 aliphatic carbocycles. The van der Waals surface area contributed by atoms with Crippen molar-refractivity contribution in [1.82, 2.24) is 0 Å². The summed E-state index contributed by atoms with van der Waals surface area (Å²) in [7, 11) is 1.00. The summed E-state index contributed by atoms with van der Waals surface area (Å²) in [6.07, 6.45) is 5.74. The average Bonchev–Trinajstić information content (AvgIpc) is 3.12. The van der Waals surface area contributed by atoms with E-state index in [0.29, 0.717) is 0 Å². The maximum absolute atomic E-state index is 13.5. The summed E-state index contributed by atoms with van der Waals surface area (Å²) in [4.78, 5) is 0. The topological polar surface area (TPSA) is 20.2 Å². The molecule has 0 heterocycles. The van der Waals surface area contributed by atoms with Gasteiger partial charge >= 0.3 is 0 Å². The standard InChI is InChI=1S/C12H12F3.C9H7F4.C8HF5.C7H6F2.CH4O/c1-5-8-7(4)10(13)12(15)11(14)9(8)6(2)3;1-3-5-8(12)6(10)4(2)7(11)9(5)13;1-2-3-4(9)6(11)8(13)7(12)5(3)10;1-5-2-3-6(8)7(9)4-5;1-2/h5-6H,1,4H2,2-3H3;2-3H2,1H3;1H;2-4H,1H3;2H,1H3. The molecule has 0 aromatic heterocycles. The molecule has 4 rings (SSSR count). The third kappa shape index (κ3) is 10.8. The van der Waals surface area contributed by atoms with Crippen LogP contribution in [0.4, 0.5) is 61.5 Å². The van der Waals surface area contributed by atoms with E-state index in [0.717, 1.165) is 24.8 Å². The Hall–Kier alpha value is -4.84. The van der Waals surface area contributed by atoms with E-state index in [1.54, 1.807) is 20.8 Å². The lowest BCUT2D eigenvalue weighted by atomic mass is 9.92. The van der Waals surface area contributed by atoms with E-state index < -0.39 is 98.1 Å². The highest BCUT2D eigenvalue weighted by Crippen LogP contribution is 2.31. The summed E-state index contributed by atoms with van der Waals surface area (Å²) in [5, 5.41) is 7.00. The van der Waals surface area contributed by atoms with Gasteiger partial charge in [0.15, 0.2) is 75.6 Å². The van der Waals surface area contributed by atoms with Crippen molar-refractivity contribution in [2.24, 2.45) is 0 Å². The summed E-state index contributed by atoms with van der Waals surface area (Å²) >= 11 is 0. The van der Waals surface area contributed by atoms with Gasteiger partial charge in [-0.05, 0) is 61.9 Å². The second kappa shape index (κ2) is 20.9. The molecule has 1 N–H and O–H groups in total. The summed E-state index contributed by atoms with van der Waals surface area (Å²) < 4.78 is 177. The van der Waals surface area contributed by atoms with Crippen LogP contribution in [0.15, 0.2) is 24.8 Å². The van der Waals surface area contributed by atoms with Crippen molar-refractivity contribution < 1.29 is 66.6 Å². The number of hydrogen-bond donors (Lipinski definition) is 1. The second-order valence-corrected chi connectivity index (χ2v) is 10.2. The number of aryl methyl sites for hydroxylation is 1. The zero-order chi connectivity index (χ0) is 40.9. The Morgan fingerprint density at radius 1 is 0.635 bits per heavy atom. The molecule has 0 unspecified atom stereocenters. The van der Waals surface area contributed by atoms with E-state index in [2.05, 4.69) is 26.8 Å². The highest BCUT2D eigenvalue weighted by Gasteiger charge is 2.25. The fraction of sp³-hybridized carbons (Fsp3) is 0.189. The Bertz CT molecular complexity index is 1840. The monoisotopic (exact) mass is 756 g/mol. The smallest absolute Gasteiger partial charge is 0.200 e. The molecule has 0 atom stereocenters. The minimum absolute atomic E-state index is 0.105. The first-order valence-electron chi connectivity index (χ1n) is 14.3. The van der Waals surface area contributed by atoms with Gasteiger partial charge in [0.1, 0.15) is 5.56 Å². The first kappa shape index (κ1) is 47.2. The van der Waals surface area contributed by atoms with Gasteiger partial charge in [-0.1, -0.05) is 45.4 Å². The molecule has 0 fully saturated rings. The van der Waals surface area contributed by atoms with Crippen LogP contribution in [0.3, 0.4) is 0 Å². The zero-order valence-electron chi connectivity index (χ0n) is 28.0. The summed E-state index contributed by atoms with van der Waals surface area (Å²) in [5.74, 6) is -20.1. The van der Waals surface area contributed by atoms with Gasteiger partial charge in [0.25, 0.3) is 0 Å². The first-order valence-corrected chi connectivity index (χ1v) is 14.3. The van der Waals surface area contributed by atoms with Gasteiger partial charge in [-0.2, -0.15) is 0 Å². The van der Waals surface area contributed by atoms with E-state index in [1.807, 2.05) is 0 Å². The summed E-state index contributed by atoms with van der Waals surface area (Å²) in [6.45, 7) is 16.2. The maximum Gasteiger partial charge on any atom is 0.200 e. The van der Waals surface area contributed by atoms with Crippen LogP contribution in [0, 0.1) is 115 Å². The van der Waals surface area contributed by atoms with Crippen LogP contribution < -0.4 is 0 Å². The molecular weight excluding hydrogens is 726 g/mol. The lowest BCUT2D eigenvalue weighted by Crippen LogP contribution is -2.06. The lowest BCUT2D eigenvalue weighted by molar-refractivity contribution is 0.376. The largest absolute Gasteiger partial charge is 0.400 e. The Balaban J connectivity index is 0.000000664. The van der Waals surface area contributed by atoms with E-state index >= 15 is 0 Å². The van der Waals surface area contributed by atoms with Crippen LogP contribution in [0.25, 0.3) is 6.08 Å². The SMILES string of the molecule is C#Cc1c(F)c(F)c(F)c(F)c1F.CO.Cc1ccc(F)c(F)c1.[CH2]c1c(F)c(F)c(CC)c(F)c1F.[CH2]c1c(F)c(F)c(F)c(C(C)C)c1C=C. The third-order valence-corrected chi connectivity index (χ3v) is 6.51. The van der Waals surface area contributed by atoms with Gasteiger partial charge in [0, 0.05) is 23.8 Å². The lowest BCUT2D eigenvalue weighted by Gasteiger charge is -2.15. The Kier molecular flexibility index (Phi) is 18.9. The van der Waals surface area contributed by atoms with Gasteiger partial charge < -0.3 is 5.11 Å². The fourth-order valence-corrected chi connectivity index (χ4v) is 3.91. The van der Waals surface area contributed by atoms with Crippen molar-refractivity contribution in [2.75, 3.05) is 7.11 Å². The molecule has 4 aromatic carbocycles. The van der Waals surface area contributed by atoms with Crippen LogP contribution >= 0.6 is 0 Å². The average molecular weight is 757 g/mol. The van der Waals surface area contributed by atoms with Gasteiger partial charge in [-0.25, -0.2) is 61.5 Å². The molecule has 0 amide bonds. The summed E-state index contributed by atoms with van der Waals surface area (Å²) in [6, 6.07) is 3.80. The minimum atomic E-state index is -2.21. The Morgan fingerprint density at radius 3 is 1.38 bits per heavy atom. The molecule has 2 radical (unpaired) electrons. The van der Waals surface area contributed by atoms with Gasteiger partial charge in [0.05, 0.1) is 0 Å². The van der Waals surface area contributed by atoms with Crippen molar-refractivity contribution in [2.45, 2.75) is 40.0 Å². The summed E-state index contributed by atoms with van der Waals surface area (Å²) in [5.41, 5.74) is -1.76. The minimum Gasteiger partial charge on any atom is -0.400 e. The van der Waals surface area contributed by atoms with Crippen LogP contribution in [0.5, 0.6) is 0 Å². The van der Waals surface area contributed by atoms with Crippen LogP contribution in [-0.2, 0) is 6.42 Å². The third-order valence-electron chi connectivity index (χ3n) is 6.51. The molecule has 15 heteroatoms. The van der Waals surface area contributed by atoms with Crippen molar-refractivity contribution >= 4 is 6.08 Å². The molecule has 0 bridgehead atoms. The predicted octanol–water partition coefficient (Wildman–Crippen LogP) is 11.3. The Morgan fingerprint density at radius 2 is 1.04 bits per heavy atom. The predicted molar refractivity (Wildman–Crippen MR) is 168 cm³/mol. The zero-order valence-corrected chi connectivity index (χ0v) is 28.0. The number of terminal acetylenes is 1. The number of hydrogen-bond acceptors (Lipinski definition) is 1. The van der Waals surface area contributed by atoms with Crippen LogP contribution in [0.1, 0.15) is 65.6 Å². The Labute approximate surface area is 291 Å². The molecule has 0 aliphatic heterocycles. The van der Waals surface area contributed by atoms with Gasteiger partial charge in [0.2, 0.25) is 5.82 Å². The van der Waals surface area contributed by atoms with Crippen molar-refractivity contribution in [3.05, 3.63) is 159 Å². The van der Waals surface area contributed by atoms with Crippen LogP contribution in [-0.4, -0.2) is 12.2 Å². The molecule has 0 spiro atoms. The number of benzene rings is 4. The molecule has 0 saturated heterocycles. The van der Waals surface area contributed by atoms with Crippen molar-refractivity contribution in [1.29, 1.82) is 0 Å².